The number of carbonyl (C=O) groups excluding carboxylic acids is 1. The quantitative estimate of drug-likeness (QED) is 0.416. The number of carbonyl (C=O) groups is 2. The van der Waals surface area contributed by atoms with E-state index in [9.17, 15) is 9.59 Å². The number of rotatable bonds is 7. The molecule has 30 heavy (non-hydrogen) atoms. The summed E-state index contributed by atoms with van der Waals surface area (Å²) in [5, 5.41) is 23.0. The largest absolute Gasteiger partial charge is 0.478 e. The second kappa shape index (κ2) is 8.93. The van der Waals surface area contributed by atoms with Gasteiger partial charge >= 0.3 is 5.97 Å². The van der Waals surface area contributed by atoms with Gasteiger partial charge in [0.2, 0.25) is 5.91 Å². The maximum Gasteiger partial charge on any atom is 0.335 e. The Morgan fingerprint density at radius 2 is 1.87 bits per heavy atom. The van der Waals surface area contributed by atoms with Gasteiger partial charge in [0.1, 0.15) is 0 Å². The first-order chi connectivity index (χ1) is 14.6. The highest BCUT2D eigenvalue weighted by atomic mass is 32.2. The zero-order valence-corrected chi connectivity index (χ0v) is 17.2. The molecular weight excluding hydrogens is 420 g/mol. The van der Waals surface area contributed by atoms with Gasteiger partial charge in [-0.05, 0) is 41.8 Å². The first-order valence-corrected chi connectivity index (χ1v) is 10.8. The molecule has 2 N–H and O–H groups in total. The average molecular weight is 437 g/mol. The minimum Gasteiger partial charge on any atom is -0.478 e. The van der Waals surface area contributed by atoms with Crippen molar-refractivity contribution in [3.05, 3.63) is 77.7 Å². The Morgan fingerprint density at radius 1 is 1.03 bits per heavy atom. The molecule has 0 atom stereocenters. The van der Waals surface area contributed by atoms with Gasteiger partial charge in [0.25, 0.3) is 0 Å². The van der Waals surface area contributed by atoms with Crippen LogP contribution >= 0.6 is 23.1 Å². The summed E-state index contributed by atoms with van der Waals surface area (Å²) in [5.41, 5.74) is 1.46. The van der Waals surface area contributed by atoms with Crippen molar-refractivity contribution in [2.24, 2.45) is 0 Å². The molecule has 2 heterocycles. The van der Waals surface area contributed by atoms with Gasteiger partial charge < -0.3 is 10.4 Å². The van der Waals surface area contributed by atoms with E-state index < -0.39 is 5.97 Å². The molecule has 4 aromatic rings. The number of amides is 1. The van der Waals surface area contributed by atoms with Crippen LogP contribution in [0.5, 0.6) is 0 Å². The van der Waals surface area contributed by atoms with E-state index in [0.29, 0.717) is 16.7 Å². The lowest BCUT2D eigenvalue weighted by atomic mass is 10.2. The number of thiophene rings is 1. The minimum atomic E-state index is -1.04. The number of benzene rings is 2. The molecule has 0 saturated heterocycles. The molecule has 0 radical (unpaired) electrons. The monoisotopic (exact) mass is 436 g/mol. The van der Waals surface area contributed by atoms with Crippen LogP contribution in [0.3, 0.4) is 0 Å². The second-order valence-corrected chi connectivity index (χ2v) is 8.07. The van der Waals surface area contributed by atoms with Gasteiger partial charge in [0.15, 0.2) is 11.0 Å². The van der Waals surface area contributed by atoms with Crippen molar-refractivity contribution in [3.63, 3.8) is 0 Å². The number of thioether (sulfide) groups is 1. The lowest BCUT2D eigenvalue weighted by Gasteiger charge is -2.10. The van der Waals surface area contributed by atoms with E-state index in [4.69, 9.17) is 5.11 Å². The van der Waals surface area contributed by atoms with Gasteiger partial charge in [-0.25, -0.2) is 4.79 Å². The fourth-order valence-corrected chi connectivity index (χ4v) is 4.25. The van der Waals surface area contributed by atoms with E-state index >= 15 is 0 Å². The molecule has 0 aliphatic carbocycles. The highest BCUT2D eigenvalue weighted by Gasteiger charge is 2.18. The van der Waals surface area contributed by atoms with Crippen molar-refractivity contribution in [3.8, 4) is 16.4 Å². The number of para-hydroxylation sites is 1. The molecular formula is C21H16N4O3S2. The van der Waals surface area contributed by atoms with Crippen LogP contribution in [0, 0.1) is 0 Å². The third kappa shape index (κ3) is 4.42. The summed E-state index contributed by atoms with van der Waals surface area (Å²) in [6.45, 7) is 0. The van der Waals surface area contributed by atoms with Crippen LogP contribution in [0.4, 0.5) is 5.69 Å². The van der Waals surface area contributed by atoms with Gasteiger partial charge in [-0.2, -0.15) is 0 Å². The third-order valence-corrected chi connectivity index (χ3v) is 5.91. The number of nitrogens with one attached hydrogen (secondary N) is 1. The Labute approximate surface area is 180 Å². The number of hydrogen-bond donors (Lipinski definition) is 2. The molecule has 0 fully saturated rings. The van der Waals surface area contributed by atoms with E-state index in [1.807, 2.05) is 52.4 Å². The van der Waals surface area contributed by atoms with Gasteiger partial charge in [-0.15, -0.1) is 21.5 Å². The van der Waals surface area contributed by atoms with E-state index in [2.05, 4.69) is 15.5 Å². The van der Waals surface area contributed by atoms with E-state index in [0.717, 1.165) is 10.6 Å². The fraction of sp³-hybridized carbons (Fsp3) is 0.0476. The molecule has 150 valence electrons. The first-order valence-electron chi connectivity index (χ1n) is 8.92. The molecule has 9 heteroatoms. The summed E-state index contributed by atoms with van der Waals surface area (Å²) in [4.78, 5) is 24.5. The maximum absolute atomic E-state index is 12.4. The van der Waals surface area contributed by atoms with Crippen molar-refractivity contribution in [1.29, 1.82) is 0 Å². The second-order valence-electron chi connectivity index (χ2n) is 6.18. The molecule has 0 aliphatic rings. The standard InChI is InChI=1S/C21H16N4O3S2/c26-18(22-15-7-4-6-14(12-15)20(27)28)13-30-21-24-23-19(17-10-5-11-29-17)25(21)16-8-2-1-3-9-16/h1-12H,13H2,(H,22,26)(H,27,28). The summed E-state index contributed by atoms with van der Waals surface area (Å²) in [6, 6.07) is 19.8. The average Bonchev–Trinajstić information content (AvgIpc) is 3.43. The number of hydrogen-bond acceptors (Lipinski definition) is 6. The number of carboxylic acid groups (broad SMARTS) is 1. The third-order valence-electron chi connectivity index (χ3n) is 4.11. The normalized spacial score (nSPS) is 10.7. The van der Waals surface area contributed by atoms with E-state index in [1.54, 1.807) is 23.5 Å². The van der Waals surface area contributed by atoms with Crippen LogP contribution in [0.2, 0.25) is 0 Å². The smallest absolute Gasteiger partial charge is 0.335 e. The zero-order chi connectivity index (χ0) is 20.9. The van der Waals surface area contributed by atoms with Gasteiger partial charge in [0, 0.05) is 11.4 Å². The number of carboxylic acids is 1. The zero-order valence-electron chi connectivity index (χ0n) is 15.6. The summed E-state index contributed by atoms with van der Waals surface area (Å²) in [5.74, 6) is -0.485. The Kier molecular flexibility index (Phi) is 5.92. The van der Waals surface area contributed by atoms with Crippen LogP contribution in [-0.4, -0.2) is 37.5 Å². The van der Waals surface area contributed by atoms with Gasteiger partial charge in [0.05, 0.1) is 16.2 Å². The predicted octanol–water partition coefficient (Wildman–Crippen LogP) is 4.42. The summed E-state index contributed by atoms with van der Waals surface area (Å²) in [7, 11) is 0. The summed E-state index contributed by atoms with van der Waals surface area (Å²) >= 11 is 2.83. The Morgan fingerprint density at radius 3 is 2.60 bits per heavy atom. The van der Waals surface area contributed by atoms with Crippen LogP contribution in [-0.2, 0) is 4.79 Å². The molecule has 0 saturated carbocycles. The number of anilines is 1. The van der Waals surface area contributed by atoms with Crippen molar-refractivity contribution < 1.29 is 14.7 Å². The number of nitrogens with zero attached hydrogens (tertiary/aromatic N) is 3. The molecule has 1 amide bonds. The fourth-order valence-electron chi connectivity index (χ4n) is 2.80. The first kappa shape index (κ1) is 19.9. The van der Waals surface area contributed by atoms with Crippen molar-refractivity contribution in [1.82, 2.24) is 14.8 Å². The van der Waals surface area contributed by atoms with Gasteiger partial charge in [-0.1, -0.05) is 42.1 Å². The topological polar surface area (TPSA) is 97.1 Å². The maximum atomic E-state index is 12.4. The predicted molar refractivity (Wildman–Crippen MR) is 117 cm³/mol. The molecule has 2 aromatic heterocycles. The van der Waals surface area contributed by atoms with Crippen LogP contribution in [0.1, 0.15) is 10.4 Å². The summed E-state index contributed by atoms with van der Waals surface area (Å²) < 4.78 is 1.93. The van der Waals surface area contributed by atoms with Crippen LogP contribution < -0.4 is 5.32 Å². The summed E-state index contributed by atoms with van der Waals surface area (Å²) in [6.07, 6.45) is 0. The van der Waals surface area contributed by atoms with Gasteiger partial charge in [-0.3, -0.25) is 9.36 Å². The Bertz CT molecular complexity index is 1170. The molecule has 0 spiro atoms. The Hall–Kier alpha value is -3.43. The highest BCUT2D eigenvalue weighted by molar-refractivity contribution is 7.99. The molecule has 0 bridgehead atoms. The SMILES string of the molecule is O=C(CSc1nnc(-c2cccs2)n1-c1ccccc1)Nc1cccc(C(=O)O)c1. The van der Waals surface area contributed by atoms with Crippen LogP contribution in [0.15, 0.2) is 77.3 Å². The highest BCUT2D eigenvalue weighted by Crippen LogP contribution is 2.30. The van der Waals surface area contributed by atoms with Crippen LogP contribution in [0.25, 0.3) is 16.4 Å². The van der Waals surface area contributed by atoms with Crippen molar-refractivity contribution in [2.45, 2.75) is 5.16 Å². The molecule has 0 aliphatic heterocycles. The molecule has 7 nitrogen and oxygen atoms in total. The lowest BCUT2D eigenvalue weighted by molar-refractivity contribution is -0.113. The van der Waals surface area contributed by atoms with Crippen molar-refractivity contribution >= 4 is 40.7 Å². The minimum absolute atomic E-state index is 0.104. The molecule has 0 unspecified atom stereocenters. The van der Waals surface area contributed by atoms with E-state index in [-0.39, 0.29) is 17.2 Å². The van der Waals surface area contributed by atoms with Crippen molar-refractivity contribution in [2.75, 3.05) is 11.1 Å². The Balaban J connectivity index is 1.53. The lowest BCUT2D eigenvalue weighted by Crippen LogP contribution is -2.15. The molecule has 2 aromatic carbocycles. The molecule has 4 rings (SSSR count). The van der Waals surface area contributed by atoms with E-state index in [1.165, 1.54) is 23.9 Å². The number of aromatic nitrogens is 3. The number of aromatic carboxylic acids is 1.